The summed E-state index contributed by atoms with van der Waals surface area (Å²) in [6.07, 6.45) is 4.97. The van der Waals surface area contributed by atoms with Gasteiger partial charge in [0.1, 0.15) is 5.00 Å². The Morgan fingerprint density at radius 2 is 1.92 bits per heavy atom. The lowest BCUT2D eigenvalue weighted by Crippen LogP contribution is -2.23. The number of carbonyl (C=O) groups is 3. The highest BCUT2D eigenvalue weighted by atomic mass is 32.2. The molecule has 0 spiro atoms. The van der Waals surface area contributed by atoms with Crippen LogP contribution in [-0.2, 0) is 22.4 Å². The molecule has 4 rings (SSSR count). The number of aromatic nitrogens is 2. The molecule has 2 amide bonds. The number of aryl methyl sites for hydroxylation is 2. The molecular formula is C25H28N4O4S3. The van der Waals surface area contributed by atoms with Gasteiger partial charge in [-0.05, 0) is 64.2 Å². The van der Waals surface area contributed by atoms with E-state index in [-0.39, 0.29) is 24.4 Å². The molecule has 0 fully saturated rings. The summed E-state index contributed by atoms with van der Waals surface area (Å²) >= 11 is 3.93. The fourth-order valence-electron chi connectivity index (χ4n) is 3.93. The number of carbonyl (C=O) groups excluding carboxylic acids is 3. The second-order valence-electron chi connectivity index (χ2n) is 8.44. The molecule has 1 atom stereocenters. The molecule has 36 heavy (non-hydrogen) atoms. The Labute approximate surface area is 222 Å². The van der Waals surface area contributed by atoms with Crippen molar-refractivity contribution in [3.63, 3.8) is 0 Å². The van der Waals surface area contributed by atoms with Gasteiger partial charge in [0, 0.05) is 10.4 Å². The number of nitrogens with one attached hydrogen (secondary N) is 2. The van der Waals surface area contributed by atoms with Gasteiger partial charge in [0.2, 0.25) is 11.0 Å². The highest BCUT2D eigenvalue weighted by Gasteiger charge is 2.28. The van der Waals surface area contributed by atoms with Crippen LogP contribution in [0.3, 0.4) is 0 Å². The van der Waals surface area contributed by atoms with Crippen molar-refractivity contribution in [2.45, 2.75) is 62.5 Å². The fraction of sp³-hybridized carbons (Fsp3) is 0.400. The van der Waals surface area contributed by atoms with E-state index in [4.69, 9.17) is 4.74 Å². The molecule has 0 saturated carbocycles. The van der Waals surface area contributed by atoms with Gasteiger partial charge < -0.3 is 10.1 Å². The summed E-state index contributed by atoms with van der Waals surface area (Å²) in [6.45, 7) is 5.75. The monoisotopic (exact) mass is 544 g/mol. The van der Waals surface area contributed by atoms with Crippen molar-refractivity contribution in [3.8, 4) is 0 Å². The maximum atomic E-state index is 13.0. The van der Waals surface area contributed by atoms with E-state index in [1.54, 1.807) is 26.0 Å². The zero-order chi connectivity index (χ0) is 25.7. The number of fused-ring (bicyclic) bond motifs is 1. The molecule has 0 radical (unpaired) electrons. The third kappa shape index (κ3) is 6.32. The number of rotatable bonds is 8. The van der Waals surface area contributed by atoms with E-state index < -0.39 is 5.25 Å². The van der Waals surface area contributed by atoms with Crippen molar-refractivity contribution in [1.82, 2.24) is 10.2 Å². The molecule has 0 bridgehead atoms. The van der Waals surface area contributed by atoms with Crippen LogP contribution in [0.5, 0.6) is 0 Å². The fourth-order valence-corrected chi connectivity index (χ4v) is 7.10. The quantitative estimate of drug-likeness (QED) is 0.161. The van der Waals surface area contributed by atoms with Gasteiger partial charge in [-0.15, -0.1) is 21.5 Å². The largest absolute Gasteiger partial charge is 0.462 e. The Balaban J connectivity index is 1.42. The number of anilines is 2. The number of hydrogen-bond acceptors (Lipinski definition) is 9. The summed E-state index contributed by atoms with van der Waals surface area (Å²) in [6, 6.07) is 7.28. The van der Waals surface area contributed by atoms with Crippen LogP contribution in [0.2, 0.25) is 0 Å². The summed E-state index contributed by atoms with van der Waals surface area (Å²) in [4.78, 5) is 39.4. The van der Waals surface area contributed by atoms with Crippen molar-refractivity contribution >= 4 is 62.4 Å². The molecule has 11 heteroatoms. The van der Waals surface area contributed by atoms with Crippen molar-refractivity contribution < 1.29 is 19.1 Å². The topological polar surface area (TPSA) is 110 Å². The minimum atomic E-state index is -0.491. The van der Waals surface area contributed by atoms with Crippen LogP contribution in [0.15, 0.2) is 28.6 Å². The first-order chi connectivity index (χ1) is 17.4. The van der Waals surface area contributed by atoms with Crippen LogP contribution in [-0.4, -0.2) is 39.8 Å². The molecule has 1 aliphatic rings. The lowest BCUT2D eigenvalue weighted by atomic mass is 10.1. The minimum Gasteiger partial charge on any atom is -0.462 e. The molecule has 0 aliphatic heterocycles. The number of thioether (sulfide) groups is 1. The first-order valence-electron chi connectivity index (χ1n) is 11.9. The molecule has 2 aromatic heterocycles. The van der Waals surface area contributed by atoms with Gasteiger partial charge in [-0.3, -0.25) is 14.9 Å². The van der Waals surface area contributed by atoms with Crippen molar-refractivity contribution in [1.29, 1.82) is 0 Å². The van der Waals surface area contributed by atoms with Crippen molar-refractivity contribution in [2.75, 3.05) is 17.2 Å². The second kappa shape index (κ2) is 12.0. The molecule has 3 aromatic rings. The summed E-state index contributed by atoms with van der Waals surface area (Å²) in [5.41, 5.74) is 3.05. The van der Waals surface area contributed by atoms with E-state index in [2.05, 4.69) is 20.8 Å². The lowest BCUT2D eigenvalue weighted by molar-refractivity contribution is -0.115. The number of thiophene rings is 1. The van der Waals surface area contributed by atoms with E-state index in [1.165, 1.54) is 34.4 Å². The number of amides is 2. The summed E-state index contributed by atoms with van der Waals surface area (Å²) in [5, 5.41) is 14.3. The Morgan fingerprint density at radius 1 is 1.11 bits per heavy atom. The average Bonchev–Trinajstić information content (AvgIpc) is 3.35. The van der Waals surface area contributed by atoms with Crippen LogP contribution in [0.1, 0.15) is 69.8 Å². The molecule has 8 nitrogen and oxygen atoms in total. The van der Waals surface area contributed by atoms with Gasteiger partial charge in [0.05, 0.1) is 17.4 Å². The number of esters is 1. The van der Waals surface area contributed by atoms with E-state index >= 15 is 0 Å². The van der Waals surface area contributed by atoms with Gasteiger partial charge in [0.25, 0.3) is 5.91 Å². The van der Waals surface area contributed by atoms with Crippen LogP contribution in [0, 0.1) is 6.92 Å². The predicted molar refractivity (Wildman–Crippen MR) is 145 cm³/mol. The minimum absolute atomic E-state index is 0.234. The van der Waals surface area contributed by atoms with Crippen LogP contribution < -0.4 is 10.6 Å². The van der Waals surface area contributed by atoms with E-state index in [9.17, 15) is 14.4 Å². The van der Waals surface area contributed by atoms with Gasteiger partial charge >= 0.3 is 5.97 Å². The lowest BCUT2D eigenvalue weighted by Gasteiger charge is -2.11. The van der Waals surface area contributed by atoms with E-state index in [1.807, 2.05) is 19.1 Å². The first kappa shape index (κ1) is 26.3. The molecular weight excluding hydrogens is 517 g/mol. The van der Waals surface area contributed by atoms with E-state index in [0.717, 1.165) is 48.1 Å². The molecule has 1 aliphatic carbocycles. The van der Waals surface area contributed by atoms with Crippen LogP contribution >= 0.6 is 34.4 Å². The Kier molecular flexibility index (Phi) is 8.76. The third-order valence-corrected chi connectivity index (χ3v) is 8.92. The Hall–Kier alpha value is -2.76. The number of hydrogen-bond donors (Lipinski definition) is 2. The maximum Gasteiger partial charge on any atom is 0.341 e. The molecule has 2 N–H and O–H groups in total. The summed E-state index contributed by atoms with van der Waals surface area (Å²) < 4.78 is 5.86. The predicted octanol–water partition coefficient (Wildman–Crippen LogP) is 5.73. The number of nitrogens with zero attached hydrogens (tertiary/aromatic N) is 2. The SMILES string of the molecule is CCOC(=O)c1c(NC(=O)C(C)Sc2nnc(NC(=O)c3cccc(C)c3)s2)sc2c1CCCCC2. The molecule has 0 saturated heterocycles. The van der Waals surface area contributed by atoms with E-state index in [0.29, 0.717) is 25.6 Å². The Bertz CT molecular complexity index is 1270. The molecule has 1 unspecified atom stereocenters. The standard InChI is InChI=1S/C25H28N4O4S3/c1-4-33-23(32)19-17-11-6-5-7-12-18(17)35-22(19)26-20(30)15(3)34-25-29-28-24(36-25)27-21(31)16-10-8-9-14(2)13-16/h8-10,13,15H,4-7,11-12H2,1-3H3,(H,26,30)(H,27,28,31). The first-order valence-corrected chi connectivity index (χ1v) is 14.4. The molecule has 2 heterocycles. The average molecular weight is 545 g/mol. The van der Waals surface area contributed by atoms with Crippen molar-refractivity contribution in [3.05, 3.63) is 51.4 Å². The van der Waals surface area contributed by atoms with Gasteiger partial charge in [-0.1, -0.05) is 47.2 Å². The number of benzene rings is 1. The van der Waals surface area contributed by atoms with Crippen LogP contribution in [0.25, 0.3) is 0 Å². The van der Waals surface area contributed by atoms with Crippen molar-refractivity contribution in [2.24, 2.45) is 0 Å². The van der Waals surface area contributed by atoms with Gasteiger partial charge in [-0.2, -0.15) is 0 Å². The summed E-state index contributed by atoms with van der Waals surface area (Å²) in [5.74, 6) is -0.880. The van der Waals surface area contributed by atoms with Crippen LogP contribution in [0.4, 0.5) is 10.1 Å². The molecule has 190 valence electrons. The third-order valence-electron chi connectivity index (χ3n) is 5.69. The zero-order valence-electron chi connectivity index (χ0n) is 20.4. The highest BCUT2D eigenvalue weighted by Crippen LogP contribution is 2.39. The number of ether oxygens (including phenoxy) is 1. The highest BCUT2D eigenvalue weighted by molar-refractivity contribution is 8.02. The maximum absolute atomic E-state index is 13.0. The normalized spacial score (nSPS) is 13.9. The van der Waals surface area contributed by atoms with Gasteiger partial charge in [0.15, 0.2) is 4.34 Å². The summed E-state index contributed by atoms with van der Waals surface area (Å²) in [7, 11) is 0. The Morgan fingerprint density at radius 3 is 2.69 bits per heavy atom. The molecule has 1 aromatic carbocycles. The smallest absolute Gasteiger partial charge is 0.341 e. The zero-order valence-corrected chi connectivity index (χ0v) is 22.8. The van der Waals surface area contributed by atoms with Gasteiger partial charge in [-0.25, -0.2) is 4.79 Å². The second-order valence-corrected chi connectivity index (χ2v) is 12.1.